The predicted molar refractivity (Wildman–Crippen MR) is 103 cm³/mol. The molecule has 0 unspecified atom stereocenters. The van der Waals surface area contributed by atoms with Crippen LogP contribution in [0.4, 0.5) is 5.69 Å². The van der Waals surface area contributed by atoms with E-state index in [1.807, 2.05) is 24.3 Å². The van der Waals surface area contributed by atoms with E-state index in [9.17, 15) is 13.2 Å². The van der Waals surface area contributed by atoms with Crippen LogP contribution in [-0.2, 0) is 21.2 Å². The maximum absolute atomic E-state index is 12.6. The molecule has 2 aromatic rings. The Morgan fingerprint density at radius 3 is 2.41 bits per heavy atom. The van der Waals surface area contributed by atoms with E-state index in [1.165, 1.54) is 12.1 Å². The van der Waals surface area contributed by atoms with Gasteiger partial charge in [-0.15, -0.1) is 0 Å². The number of primary sulfonamides is 1. The average molecular weight is 389 g/mol. The van der Waals surface area contributed by atoms with Crippen LogP contribution in [0.15, 0.2) is 53.4 Å². The number of hydrogen-bond acceptors (Lipinski definition) is 5. The van der Waals surface area contributed by atoms with E-state index in [-0.39, 0.29) is 10.8 Å². The SMILES string of the molecule is NS(=O)(=O)c1ccc(CCNC(=O)c2ccccc2N2CCOCC2)cc1. The number of nitrogens with zero attached hydrogens (tertiary/aromatic N) is 1. The number of sulfonamides is 1. The Kier molecular flexibility index (Phi) is 6.10. The van der Waals surface area contributed by atoms with E-state index in [2.05, 4.69) is 10.2 Å². The van der Waals surface area contributed by atoms with Gasteiger partial charge in [-0.2, -0.15) is 0 Å². The number of carbonyl (C=O) groups excluding carboxylic acids is 1. The fraction of sp³-hybridized carbons (Fsp3) is 0.316. The first kappa shape index (κ1) is 19.3. The van der Waals surface area contributed by atoms with Crippen molar-refractivity contribution in [2.24, 2.45) is 5.14 Å². The van der Waals surface area contributed by atoms with Crippen LogP contribution in [0.3, 0.4) is 0 Å². The van der Waals surface area contributed by atoms with Crippen LogP contribution in [-0.4, -0.2) is 47.2 Å². The Labute approximate surface area is 159 Å². The predicted octanol–water partition coefficient (Wildman–Crippen LogP) is 1.14. The van der Waals surface area contributed by atoms with Crippen LogP contribution in [0.25, 0.3) is 0 Å². The third kappa shape index (κ3) is 5.06. The summed E-state index contributed by atoms with van der Waals surface area (Å²) in [6.45, 7) is 3.29. The summed E-state index contributed by atoms with van der Waals surface area (Å²) in [4.78, 5) is 14.9. The maximum atomic E-state index is 12.6. The normalized spacial score (nSPS) is 14.8. The first-order valence-electron chi connectivity index (χ1n) is 8.77. The van der Waals surface area contributed by atoms with Gasteiger partial charge in [0.1, 0.15) is 0 Å². The monoisotopic (exact) mass is 389 g/mol. The van der Waals surface area contributed by atoms with E-state index < -0.39 is 10.0 Å². The smallest absolute Gasteiger partial charge is 0.253 e. The second-order valence-corrected chi connectivity index (χ2v) is 7.87. The highest BCUT2D eigenvalue weighted by Gasteiger charge is 2.18. The molecule has 1 amide bonds. The van der Waals surface area contributed by atoms with Crippen molar-refractivity contribution in [2.75, 3.05) is 37.7 Å². The molecule has 7 nitrogen and oxygen atoms in total. The van der Waals surface area contributed by atoms with Gasteiger partial charge in [-0.25, -0.2) is 13.6 Å². The Morgan fingerprint density at radius 2 is 1.74 bits per heavy atom. The zero-order valence-electron chi connectivity index (χ0n) is 14.9. The van der Waals surface area contributed by atoms with Gasteiger partial charge in [0.25, 0.3) is 5.91 Å². The number of para-hydroxylation sites is 1. The van der Waals surface area contributed by atoms with Gasteiger partial charge in [-0.05, 0) is 36.2 Å². The molecule has 1 aliphatic heterocycles. The summed E-state index contributed by atoms with van der Waals surface area (Å²) in [5.41, 5.74) is 2.48. The fourth-order valence-corrected chi connectivity index (χ4v) is 3.52. The number of carbonyl (C=O) groups is 1. The molecular formula is C19H23N3O4S. The lowest BCUT2D eigenvalue weighted by molar-refractivity contribution is 0.0952. The van der Waals surface area contributed by atoms with Crippen LogP contribution in [0.1, 0.15) is 15.9 Å². The topological polar surface area (TPSA) is 102 Å². The molecule has 0 aromatic heterocycles. The Balaban J connectivity index is 1.60. The summed E-state index contributed by atoms with van der Waals surface area (Å²) >= 11 is 0. The molecule has 8 heteroatoms. The number of hydrogen-bond donors (Lipinski definition) is 2. The molecular weight excluding hydrogens is 366 g/mol. The number of ether oxygens (including phenoxy) is 1. The van der Waals surface area contributed by atoms with E-state index in [0.717, 1.165) is 24.3 Å². The lowest BCUT2D eigenvalue weighted by atomic mass is 10.1. The number of rotatable bonds is 6. The first-order valence-corrected chi connectivity index (χ1v) is 10.3. The standard InChI is InChI=1S/C19H23N3O4S/c20-27(24,25)16-7-5-15(6-8-16)9-10-21-19(23)17-3-1-2-4-18(17)22-11-13-26-14-12-22/h1-8H,9-14H2,(H,21,23)(H2,20,24,25). The van der Waals surface area contributed by atoms with Gasteiger partial charge in [0.2, 0.25) is 10.0 Å². The summed E-state index contributed by atoms with van der Waals surface area (Å²) in [6.07, 6.45) is 0.594. The van der Waals surface area contributed by atoms with Gasteiger partial charge in [0, 0.05) is 25.3 Å². The first-order chi connectivity index (χ1) is 12.9. The minimum absolute atomic E-state index is 0.0784. The fourth-order valence-electron chi connectivity index (χ4n) is 3.01. The molecule has 1 saturated heterocycles. The van der Waals surface area contributed by atoms with Crippen molar-refractivity contribution < 1.29 is 17.9 Å². The van der Waals surface area contributed by atoms with Crippen molar-refractivity contribution in [1.82, 2.24) is 5.32 Å². The minimum Gasteiger partial charge on any atom is -0.378 e. The molecule has 0 saturated carbocycles. The summed E-state index contributed by atoms with van der Waals surface area (Å²) < 4.78 is 27.9. The number of amides is 1. The van der Waals surface area contributed by atoms with Crippen molar-refractivity contribution in [3.8, 4) is 0 Å². The number of anilines is 1. The van der Waals surface area contributed by atoms with E-state index in [0.29, 0.717) is 31.7 Å². The molecule has 2 aromatic carbocycles. The second-order valence-electron chi connectivity index (χ2n) is 6.31. The van der Waals surface area contributed by atoms with E-state index >= 15 is 0 Å². The van der Waals surface area contributed by atoms with Crippen LogP contribution < -0.4 is 15.4 Å². The van der Waals surface area contributed by atoms with Crippen molar-refractivity contribution in [1.29, 1.82) is 0 Å². The molecule has 0 spiro atoms. The second kappa shape index (κ2) is 8.51. The van der Waals surface area contributed by atoms with E-state index in [4.69, 9.17) is 9.88 Å². The summed E-state index contributed by atoms with van der Waals surface area (Å²) in [6, 6.07) is 13.9. The van der Waals surface area contributed by atoms with E-state index in [1.54, 1.807) is 12.1 Å². The molecule has 1 aliphatic rings. The van der Waals surface area contributed by atoms with Gasteiger partial charge in [-0.1, -0.05) is 24.3 Å². The highest BCUT2D eigenvalue weighted by Crippen LogP contribution is 2.21. The Hall–Kier alpha value is -2.42. The molecule has 3 rings (SSSR count). The summed E-state index contributed by atoms with van der Waals surface area (Å²) in [5, 5.41) is 8.02. The van der Waals surface area contributed by atoms with Crippen molar-refractivity contribution in [2.45, 2.75) is 11.3 Å². The van der Waals surface area contributed by atoms with Gasteiger partial charge >= 0.3 is 0 Å². The molecule has 27 heavy (non-hydrogen) atoms. The molecule has 3 N–H and O–H groups in total. The van der Waals surface area contributed by atoms with Crippen LogP contribution in [0.2, 0.25) is 0 Å². The number of morpholine rings is 1. The van der Waals surface area contributed by atoms with Gasteiger partial charge in [0.05, 0.1) is 23.7 Å². The molecule has 1 heterocycles. The van der Waals surface area contributed by atoms with Crippen LogP contribution in [0.5, 0.6) is 0 Å². The van der Waals surface area contributed by atoms with Gasteiger partial charge < -0.3 is 15.0 Å². The molecule has 0 bridgehead atoms. The zero-order chi connectivity index (χ0) is 19.3. The highest BCUT2D eigenvalue weighted by atomic mass is 32.2. The van der Waals surface area contributed by atoms with Crippen LogP contribution >= 0.6 is 0 Å². The highest BCUT2D eigenvalue weighted by molar-refractivity contribution is 7.89. The van der Waals surface area contributed by atoms with Crippen LogP contribution in [0, 0.1) is 0 Å². The van der Waals surface area contributed by atoms with Crippen molar-refractivity contribution in [3.05, 3.63) is 59.7 Å². The summed E-state index contributed by atoms with van der Waals surface area (Å²) in [7, 11) is -3.69. The Bertz CT molecular complexity index is 891. The molecule has 0 aliphatic carbocycles. The summed E-state index contributed by atoms with van der Waals surface area (Å²) in [5.74, 6) is -0.127. The lowest BCUT2D eigenvalue weighted by Gasteiger charge is -2.30. The maximum Gasteiger partial charge on any atom is 0.253 e. The largest absolute Gasteiger partial charge is 0.378 e. The minimum atomic E-state index is -3.69. The number of nitrogens with one attached hydrogen (secondary N) is 1. The average Bonchev–Trinajstić information content (AvgIpc) is 2.68. The lowest BCUT2D eigenvalue weighted by Crippen LogP contribution is -2.38. The van der Waals surface area contributed by atoms with Gasteiger partial charge in [0.15, 0.2) is 0 Å². The third-order valence-electron chi connectivity index (χ3n) is 4.45. The molecule has 1 fully saturated rings. The van der Waals surface area contributed by atoms with Crippen molar-refractivity contribution >= 4 is 21.6 Å². The van der Waals surface area contributed by atoms with Gasteiger partial charge in [-0.3, -0.25) is 4.79 Å². The number of benzene rings is 2. The zero-order valence-corrected chi connectivity index (χ0v) is 15.7. The van der Waals surface area contributed by atoms with Crippen molar-refractivity contribution in [3.63, 3.8) is 0 Å². The molecule has 0 atom stereocenters. The quantitative estimate of drug-likeness (QED) is 0.772. The number of nitrogens with two attached hydrogens (primary N) is 1. The molecule has 0 radical (unpaired) electrons. The molecule has 144 valence electrons. The third-order valence-corrected chi connectivity index (χ3v) is 5.38. The Morgan fingerprint density at radius 1 is 1.07 bits per heavy atom.